The van der Waals surface area contributed by atoms with Crippen LogP contribution in [0.2, 0.25) is 0 Å². The molecule has 2 amide bonds. The Balaban J connectivity index is 1.36. The quantitative estimate of drug-likeness (QED) is 0.127. The number of aromatic amines is 2. The van der Waals surface area contributed by atoms with Crippen LogP contribution < -0.4 is 27.9 Å². The fraction of sp³-hybridized carbons (Fsp3) is 0.409. The molecule has 4 aliphatic heterocycles. The van der Waals surface area contributed by atoms with Gasteiger partial charge in [0, 0.05) is 24.8 Å². The van der Waals surface area contributed by atoms with Gasteiger partial charge in [-0.15, -0.1) is 0 Å². The molecule has 1 saturated heterocycles. The highest BCUT2D eigenvalue weighted by molar-refractivity contribution is 7.70. The van der Waals surface area contributed by atoms with E-state index in [2.05, 4.69) is 10.3 Å². The molecule has 0 spiro atoms. The lowest BCUT2D eigenvalue weighted by Crippen LogP contribution is -2.53. The van der Waals surface area contributed by atoms with Crippen molar-refractivity contribution in [1.82, 2.24) is 14.5 Å². The lowest BCUT2D eigenvalue weighted by atomic mass is 10.0. The summed E-state index contributed by atoms with van der Waals surface area (Å²) in [7, 11) is 3.75. The number of nitrogens with zero attached hydrogens (tertiary/aromatic N) is 1. The van der Waals surface area contributed by atoms with Crippen LogP contribution in [0.25, 0.3) is 10.6 Å². The van der Waals surface area contributed by atoms with Gasteiger partial charge < -0.3 is 50.3 Å². The fourth-order valence-electron chi connectivity index (χ4n) is 4.45. The highest BCUT2D eigenvalue weighted by Crippen LogP contribution is 2.36. The summed E-state index contributed by atoms with van der Waals surface area (Å²) >= 11 is 0. The van der Waals surface area contributed by atoms with E-state index in [-0.39, 0.29) is 5.69 Å². The molecule has 8 atom stereocenters. The second-order valence-corrected chi connectivity index (χ2v) is 11.1. The number of rotatable bonds is 8. The minimum absolute atomic E-state index is 0.0475. The van der Waals surface area contributed by atoms with E-state index < -0.39 is 83.5 Å². The van der Waals surface area contributed by atoms with Crippen molar-refractivity contribution in [3.63, 3.8) is 0 Å². The average Bonchev–Trinajstić information content (AvgIpc) is 3.58. The Bertz CT molecular complexity index is 1620. The molecule has 5 heterocycles. The van der Waals surface area contributed by atoms with Gasteiger partial charge in [0.15, 0.2) is 18.1 Å². The van der Waals surface area contributed by atoms with Gasteiger partial charge in [-0.2, -0.15) is 0 Å². The number of H-pyrrole nitrogens is 2. The van der Waals surface area contributed by atoms with Gasteiger partial charge in [-0.3, -0.25) is 28.7 Å². The number of aromatic nitrogens is 3. The van der Waals surface area contributed by atoms with Crippen LogP contribution in [0.3, 0.4) is 0 Å². The molecule has 0 aliphatic carbocycles. The molecule has 0 radical (unpaired) electrons. The molecule has 0 aromatic carbocycles. The van der Waals surface area contributed by atoms with E-state index >= 15 is 0 Å². The Morgan fingerprint density at radius 3 is 2.63 bits per heavy atom. The number of methoxy groups -OCH3 is 1. The van der Waals surface area contributed by atoms with Crippen LogP contribution in [0.1, 0.15) is 6.23 Å². The van der Waals surface area contributed by atoms with Crippen molar-refractivity contribution in [2.75, 3.05) is 12.4 Å². The Kier molecular flexibility index (Phi) is 7.94. The van der Waals surface area contributed by atoms with E-state index in [9.17, 15) is 39.3 Å². The number of nitrogens with one attached hydrogen (secondary N) is 3. The molecule has 1 fully saturated rings. The summed E-state index contributed by atoms with van der Waals surface area (Å²) in [5.74, 6) is -2.68. The molecule has 0 unspecified atom stereocenters. The second-order valence-electron chi connectivity index (χ2n) is 8.98. The summed E-state index contributed by atoms with van der Waals surface area (Å²) in [6, 6.07) is 1.01. The number of aliphatic hydroxyl groups is 3. The summed E-state index contributed by atoms with van der Waals surface area (Å²) in [4.78, 5) is 66.4. The zero-order chi connectivity index (χ0) is 29.6. The van der Waals surface area contributed by atoms with Gasteiger partial charge in [-0.05, 0) is 6.08 Å². The Labute approximate surface area is 235 Å². The first-order valence-corrected chi connectivity index (χ1v) is 14.0. The summed E-state index contributed by atoms with van der Waals surface area (Å²) in [5, 5.41) is 35.8. The molecule has 17 nitrogen and oxygen atoms in total. The number of aliphatic hydroxyl groups excluding tert-OH is 3. The predicted octanol–water partition coefficient (Wildman–Crippen LogP) is -2.80. The van der Waals surface area contributed by atoms with Crippen LogP contribution in [0, 0.1) is 0 Å². The third kappa shape index (κ3) is 5.36. The van der Waals surface area contributed by atoms with E-state index in [1.54, 1.807) is 5.38 Å². The standard InChI is InChI=1S/C22H23N5O12S2/c1-36-13-12(31)20(27-3-2-9(29)25-22(27)35)38-14(13)15(17(23)32)39-21-11(30)7(28)4-8(37-21)18(33)26-10-16-6(5-40-41-16)24-19(10)34/h2-5,7,11-15,20-21,28,30-31H,1H3,(H2,23,32)(H,24,34)(H,26,33)(H,25,29,35)/t7-,11-,12+,13-,14-,15+,20+,21+/m0/s1. The number of carbonyl (C=O) groups excluding carboxylic acids is 2. The maximum absolute atomic E-state index is 12.9. The van der Waals surface area contributed by atoms with Gasteiger partial charge in [0.2, 0.25) is 12.2 Å². The van der Waals surface area contributed by atoms with Crippen LogP contribution in [0.5, 0.6) is 0 Å². The number of nitrogens with two attached hydrogens (primary N) is 1. The first-order valence-electron chi connectivity index (χ1n) is 11.8. The van der Waals surface area contributed by atoms with E-state index in [0.717, 1.165) is 22.9 Å². The summed E-state index contributed by atoms with van der Waals surface area (Å²) < 4.78 is 22.9. The smallest absolute Gasteiger partial charge is 0.330 e. The van der Waals surface area contributed by atoms with Gasteiger partial charge in [0.25, 0.3) is 17.0 Å². The monoisotopic (exact) mass is 613 g/mol. The van der Waals surface area contributed by atoms with Crippen LogP contribution in [0.4, 0.5) is 5.69 Å². The molecule has 0 bridgehead atoms. The van der Waals surface area contributed by atoms with Crippen molar-refractivity contribution in [3.8, 4) is 10.6 Å². The normalized spacial score (nSPS) is 28.7. The summed E-state index contributed by atoms with van der Waals surface area (Å²) in [6.07, 6.45) is -11.1. The minimum atomic E-state index is -1.87. The van der Waals surface area contributed by atoms with Gasteiger partial charge in [-0.1, -0.05) is 20.7 Å². The molecule has 8 N–H and O–H groups in total. The molecular weight excluding hydrogens is 590 g/mol. The van der Waals surface area contributed by atoms with Crippen molar-refractivity contribution in [3.05, 3.63) is 60.7 Å². The number of carbonyl (C=O) groups is 2. The first-order chi connectivity index (χ1) is 19.5. The second kappa shape index (κ2) is 11.3. The van der Waals surface area contributed by atoms with Crippen LogP contribution >= 0.6 is 20.7 Å². The zero-order valence-corrected chi connectivity index (χ0v) is 22.4. The Morgan fingerprint density at radius 2 is 1.95 bits per heavy atom. The number of hydrogen-bond donors (Lipinski definition) is 7. The van der Waals surface area contributed by atoms with Crippen LogP contribution in [0.15, 0.2) is 43.9 Å². The SMILES string of the molecule is CO[C@H]1[C@@H](O)[C@H](n2ccc(=O)[nH]c2=O)O[C@@H]1[C@@H](O[C@H]1OC(C(=O)Nc2c3sscc-3[nH]c2=O)=C[C@H](O)[C@@H]1O)C(N)=O. The van der Waals surface area contributed by atoms with Crippen molar-refractivity contribution >= 4 is 38.2 Å². The van der Waals surface area contributed by atoms with E-state index in [4.69, 9.17) is 24.7 Å². The number of primary amides is 1. The maximum atomic E-state index is 12.9. The number of anilines is 1. The molecule has 4 aliphatic rings. The number of ether oxygens (including phenoxy) is 4. The highest BCUT2D eigenvalue weighted by atomic mass is 32.9. The Hall–Kier alpha value is -3.69. The molecule has 220 valence electrons. The summed E-state index contributed by atoms with van der Waals surface area (Å²) in [5.41, 5.74) is 3.81. The number of fused-ring (bicyclic) bond motifs is 1. The fourth-order valence-corrected chi connectivity index (χ4v) is 6.61. The van der Waals surface area contributed by atoms with Gasteiger partial charge in [0.05, 0.1) is 10.6 Å². The van der Waals surface area contributed by atoms with Crippen molar-refractivity contribution < 1.29 is 43.9 Å². The van der Waals surface area contributed by atoms with Crippen LogP contribution in [-0.2, 0) is 28.5 Å². The molecule has 41 heavy (non-hydrogen) atoms. The topological polar surface area (TPSA) is 258 Å². The maximum Gasteiger partial charge on any atom is 0.330 e. The number of amides is 2. The molecule has 19 heteroatoms. The van der Waals surface area contributed by atoms with Crippen molar-refractivity contribution in [2.45, 2.75) is 49.1 Å². The average molecular weight is 614 g/mol. The molecule has 1 aromatic heterocycles. The molecule has 1 aromatic rings. The first kappa shape index (κ1) is 28.8. The largest absolute Gasteiger partial charge is 0.456 e. The van der Waals surface area contributed by atoms with Gasteiger partial charge in [0.1, 0.15) is 36.2 Å². The lowest BCUT2D eigenvalue weighted by molar-refractivity contribution is -0.241. The third-order valence-corrected chi connectivity index (χ3v) is 8.50. The minimum Gasteiger partial charge on any atom is -0.456 e. The van der Waals surface area contributed by atoms with Crippen LogP contribution in [-0.4, -0.2) is 91.7 Å². The van der Waals surface area contributed by atoms with Crippen molar-refractivity contribution in [2.24, 2.45) is 5.73 Å². The Morgan fingerprint density at radius 1 is 1.20 bits per heavy atom. The van der Waals surface area contributed by atoms with Gasteiger partial charge >= 0.3 is 5.69 Å². The predicted molar refractivity (Wildman–Crippen MR) is 139 cm³/mol. The summed E-state index contributed by atoms with van der Waals surface area (Å²) in [6.45, 7) is 0. The van der Waals surface area contributed by atoms with E-state index in [1.807, 2.05) is 4.98 Å². The van der Waals surface area contributed by atoms with E-state index in [0.29, 0.717) is 10.6 Å². The van der Waals surface area contributed by atoms with Gasteiger partial charge in [-0.25, -0.2) is 4.79 Å². The molecule has 0 saturated carbocycles. The lowest BCUT2D eigenvalue weighted by Gasteiger charge is -2.35. The number of hydrogen-bond acceptors (Lipinski definition) is 14. The van der Waals surface area contributed by atoms with Crippen molar-refractivity contribution in [1.29, 1.82) is 0 Å². The zero-order valence-electron chi connectivity index (χ0n) is 20.8. The molecular formula is C22H23N5O12S2. The van der Waals surface area contributed by atoms with E-state index in [1.165, 1.54) is 27.8 Å². The third-order valence-electron chi connectivity index (χ3n) is 6.41. The highest BCUT2D eigenvalue weighted by Gasteiger charge is 2.52. The molecule has 5 rings (SSSR count).